The van der Waals surface area contributed by atoms with Gasteiger partial charge in [0.25, 0.3) is 0 Å². The number of nitrogens with one attached hydrogen (secondary N) is 2. The van der Waals surface area contributed by atoms with Gasteiger partial charge in [0.05, 0.1) is 54.2 Å². The molecule has 3 rings (SSSR count). The van der Waals surface area contributed by atoms with Gasteiger partial charge in [-0.25, -0.2) is 9.18 Å². The zero-order valence-electron chi connectivity index (χ0n) is 17.1. The molecule has 160 valence electrons. The van der Waals surface area contributed by atoms with Gasteiger partial charge >= 0.3 is 5.97 Å². The number of amides is 1. The van der Waals surface area contributed by atoms with Gasteiger partial charge < -0.3 is 20.1 Å². The van der Waals surface area contributed by atoms with Crippen LogP contribution in [0.25, 0.3) is 0 Å². The fourth-order valence-corrected chi connectivity index (χ4v) is 3.48. The first-order chi connectivity index (χ1) is 14.2. The maximum absolute atomic E-state index is 13.7. The van der Waals surface area contributed by atoms with Gasteiger partial charge in [-0.05, 0) is 51.8 Å². The summed E-state index contributed by atoms with van der Waals surface area (Å²) < 4.78 is 24.5. The lowest BCUT2D eigenvalue weighted by Gasteiger charge is -2.27. The largest absolute Gasteiger partial charge is 0.465 e. The van der Waals surface area contributed by atoms with Crippen molar-refractivity contribution < 1.29 is 23.5 Å². The maximum atomic E-state index is 13.7. The van der Waals surface area contributed by atoms with E-state index in [4.69, 9.17) is 9.47 Å². The zero-order valence-corrected chi connectivity index (χ0v) is 18.6. The lowest BCUT2D eigenvalue weighted by molar-refractivity contribution is -0.115. The van der Waals surface area contributed by atoms with E-state index in [2.05, 4.69) is 40.4 Å². The molecule has 2 aromatic rings. The average molecular weight is 479 g/mol. The molecule has 1 aliphatic rings. The van der Waals surface area contributed by atoms with Crippen molar-refractivity contribution in [3.63, 3.8) is 0 Å². The molecule has 1 unspecified atom stereocenters. The summed E-state index contributed by atoms with van der Waals surface area (Å²) in [5, 5.41) is 6.24. The summed E-state index contributed by atoms with van der Waals surface area (Å²) in [7, 11) is 1.32. The highest BCUT2D eigenvalue weighted by Gasteiger charge is 2.36. The number of halogens is 2. The minimum atomic E-state index is -0.469. The molecule has 0 saturated carbocycles. The summed E-state index contributed by atoms with van der Waals surface area (Å²) >= 11 is 3.10. The predicted molar refractivity (Wildman–Crippen MR) is 116 cm³/mol. The molecular formula is C22H24BrFN2O4. The fourth-order valence-electron chi connectivity index (χ4n) is 3.24. The van der Waals surface area contributed by atoms with Crippen molar-refractivity contribution >= 4 is 39.2 Å². The van der Waals surface area contributed by atoms with Crippen LogP contribution >= 0.6 is 15.9 Å². The molecular weight excluding hydrogens is 455 g/mol. The molecule has 0 radical (unpaired) electrons. The van der Waals surface area contributed by atoms with Crippen LogP contribution in [-0.2, 0) is 20.7 Å². The summed E-state index contributed by atoms with van der Waals surface area (Å²) in [6.45, 7) is 5.30. The van der Waals surface area contributed by atoms with Crippen LogP contribution in [0.2, 0.25) is 0 Å². The highest BCUT2D eigenvalue weighted by atomic mass is 79.9. The molecule has 0 bridgehead atoms. The second kappa shape index (κ2) is 9.14. The molecule has 1 heterocycles. The first kappa shape index (κ1) is 22.2. The van der Waals surface area contributed by atoms with E-state index in [-0.39, 0.29) is 23.8 Å². The minimum absolute atomic E-state index is 0.00150. The quantitative estimate of drug-likeness (QED) is 0.601. The summed E-state index contributed by atoms with van der Waals surface area (Å²) in [5.74, 6) is -1.19. The van der Waals surface area contributed by atoms with Gasteiger partial charge in [-0.1, -0.05) is 19.9 Å². The molecule has 0 aliphatic carbocycles. The summed E-state index contributed by atoms with van der Waals surface area (Å²) in [4.78, 5) is 24.5. The first-order valence-electron chi connectivity index (χ1n) is 9.50. The Morgan fingerprint density at radius 1 is 1.23 bits per heavy atom. The van der Waals surface area contributed by atoms with Crippen LogP contribution in [0.1, 0.15) is 29.8 Å². The lowest BCUT2D eigenvalue weighted by Crippen LogP contribution is -2.35. The number of hydrogen-bond acceptors (Lipinski definition) is 5. The Bertz CT molecular complexity index is 964. The molecule has 30 heavy (non-hydrogen) atoms. The Morgan fingerprint density at radius 2 is 2.00 bits per heavy atom. The van der Waals surface area contributed by atoms with E-state index in [1.54, 1.807) is 30.3 Å². The molecule has 1 atom stereocenters. The SMILES string of the molecule is COC(=O)c1ccc(NC(=O)Cc2ccc(Br)c(F)c2)c(NC2COCC2(C)C)c1. The number of rotatable bonds is 6. The Kier molecular flexibility index (Phi) is 6.77. The number of anilines is 2. The van der Waals surface area contributed by atoms with Gasteiger partial charge in [0.2, 0.25) is 5.91 Å². The van der Waals surface area contributed by atoms with Crippen molar-refractivity contribution in [2.75, 3.05) is 31.0 Å². The average Bonchev–Trinajstić information content (AvgIpc) is 3.03. The van der Waals surface area contributed by atoms with Crippen LogP contribution in [0, 0.1) is 11.2 Å². The van der Waals surface area contributed by atoms with Gasteiger partial charge in [0.15, 0.2) is 0 Å². The Labute approximate surface area is 183 Å². The molecule has 1 amide bonds. The Balaban J connectivity index is 1.82. The van der Waals surface area contributed by atoms with Gasteiger partial charge in [-0.15, -0.1) is 0 Å². The van der Waals surface area contributed by atoms with Crippen LogP contribution in [0.5, 0.6) is 0 Å². The second-order valence-electron chi connectivity index (χ2n) is 7.93. The first-order valence-corrected chi connectivity index (χ1v) is 10.3. The highest BCUT2D eigenvalue weighted by Crippen LogP contribution is 2.33. The Hall–Kier alpha value is -2.45. The van der Waals surface area contributed by atoms with Crippen molar-refractivity contribution in [3.8, 4) is 0 Å². The maximum Gasteiger partial charge on any atom is 0.337 e. The van der Waals surface area contributed by atoms with E-state index in [0.29, 0.717) is 40.2 Å². The molecule has 1 aliphatic heterocycles. The molecule has 6 nitrogen and oxygen atoms in total. The van der Waals surface area contributed by atoms with Gasteiger partial charge in [0, 0.05) is 5.41 Å². The standard InChI is InChI=1S/C22H24BrFN2O4/c1-22(2)12-30-11-19(22)25-18-10-14(21(28)29-3)5-7-17(18)26-20(27)9-13-4-6-15(23)16(24)8-13/h4-8,10,19,25H,9,11-12H2,1-3H3,(H,26,27). The second-order valence-corrected chi connectivity index (χ2v) is 8.78. The molecule has 0 spiro atoms. The van der Waals surface area contributed by atoms with Gasteiger partial charge in [-0.2, -0.15) is 0 Å². The van der Waals surface area contributed by atoms with E-state index >= 15 is 0 Å². The number of carbonyl (C=O) groups is 2. The third-order valence-electron chi connectivity index (χ3n) is 5.10. The van der Waals surface area contributed by atoms with Crippen LogP contribution in [0.4, 0.5) is 15.8 Å². The molecule has 8 heteroatoms. The van der Waals surface area contributed by atoms with E-state index in [1.807, 2.05) is 0 Å². The van der Waals surface area contributed by atoms with E-state index in [1.165, 1.54) is 13.2 Å². The van der Waals surface area contributed by atoms with E-state index < -0.39 is 11.8 Å². The van der Waals surface area contributed by atoms with E-state index in [0.717, 1.165) is 0 Å². The van der Waals surface area contributed by atoms with Gasteiger partial charge in [0.1, 0.15) is 5.82 Å². The number of methoxy groups -OCH3 is 1. The topological polar surface area (TPSA) is 76.7 Å². The van der Waals surface area contributed by atoms with Crippen LogP contribution in [0.3, 0.4) is 0 Å². The minimum Gasteiger partial charge on any atom is -0.465 e. The fraction of sp³-hybridized carbons (Fsp3) is 0.364. The molecule has 0 aromatic heterocycles. The summed E-state index contributed by atoms with van der Waals surface area (Å²) in [6, 6.07) is 9.46. The normalized spacial score (nSPS) is 17.4. The lowest BCUT2D eigenvalue weighted by atomic mass is 9.87. The summed E-state index contributed by atoms with van der Waals surface area (Å²) in [5.41, 5.74) is 1.92. The van der Waals surface area contributed by atoms with Crippen molar-refractivity contribution in [1.82, 2.24) is 0 Å². The number of esters is 1. The highest BCUT2D eigenvalue weighted by molar-refractivity contribution is 9.10. The third-order valence-corrected chi connectivity index (χ3v) is 5.74. The van der Waals surface area contributed by atoms with Crippen LogP contribution in [-0.4, -0.2) is 38.2 Å². The Morgan fingerprint density at radius 3 is 2.63 bits per heavy atom. The van der Waals surface area contributed by atoms with Crippen molar-refractivity contribution in [3.05, 3.63) is 57.8 Å². The summed E-state index contributed by atoms with van der Waals surface area (Å²) in [6.07, 6.45) is 0.0143. The number of carbonyl (C=O) groups excluding carboxylic acids is 2. The number of ether oxygens (including phenoxy) is 2. The van der Waals surface area contributed by atoms with Crippen LogP contribution < -0.4 is 10.6 Å². The van der Waals surface area contributed by atoms with Gasteiger partial charge in [-0.3, -0.25) is 4.79 Å². The monoisotopic (exact) mass is 478 g/mol. The smallest absolute Gasteiger partial charge is 0.337 e. The number of hydrogen-bond donors (Lipinski definition) is 2. The zero-order chi connectivity index (χ0) is 21.9. The molecule has 2 aromatic carbocycles. The molecule has 1 saturated heterocycles. The van der Waals surface area contributed by atoms with Crippen molar-refractivity contribution in [2.45, 2.75) is 26.3 Å². The van der Waals surface area contributed by atoms with E-state index in [9.17, 15) is 14.0 Å². The number of benzene rings is 2. The van der Waals surface area contributed by atoms with Crippen LogP contribution in [0.15, 0.2) is 40.9 Å². The predicted octanol–water partition coefficient (Wildman–Crippen LogP) is 4.39. The molecule has 2 N–H and O–H groups in total. The van der Waals surface area contributed by atoms with Crippen molar-refractivity contribution in [2.24, 2.45) is 5.41 Å². The molecule has 1 fully saturated rings. The van der Waals surface area contributed by atoms with Crippen molar-refractivity contribution in [1.29, 1.82) is 0 Å². The third kappa shape index (κ3) is 5.17.